The highest BCUT2D eigenvalue weighted by Crippen LogP contribution is 2.22. The number of carboxylic acid groups (broad SMARTS) is 1. The van der Waals surface area contributed by atoms with Crippen molar-refractivity contribution in [2.75, 3.05) is 23.9 Å². The van der Waals surface area contributed by atoms with Crippen LogP contribution in [0, 0.1) is 0 Å². The summed E-state index contributed by atoms with van der Waals surface area (Å²) in [5.74, 6) is -1.07. The van der Waals surface area contributed by atoms with Gasteiger partial charge in [-0.05, 0) is 18.2 Å². The van der Waals surface area contributed by atoms with Crippen molar-refractivity contribution >= 4 is 33.1 Å². The maximum absolute atomic E-state index is 10.9. The molecule has 7 heteroatoms. The first-order valence-corrected chi connectivity index (χ1v) is 7.18. The molecule has 1 aromatic rings. The van der Waals surface area contributed by atoms with Gasteiger partial charge in [0.1, 0.15) is 9.84 Å². The Morgan fingerprint density at radius 2 is 2.12 bits per heavy atom. The van der Waals surface area contributed by atoms with Crippen LogP contribution >= 0.6 is 11.6 Å². The first-order chi connectivity index (χ1) is 7.79. The van der Waals surface area contributed by atoms with Gasteiger partial charge in [0.2, 0.25) is 0 Å². The Morgan fingerprint density at radius 3 is 2.59 bits per heavy atom. The third kappa shape index (κ3) is 4.62. The van der Waals surface area contributed by atoms with E-state index in [1.165, 1.54) is 18.2 Å². The van der Waals surface area contributed by atoms with Crippen LogP contribution in [-0.4, -0.2) is 38.0 Å². The second kappa shape index (κ2) is 5.37. The fourth-order valence-corrected chi connectivity index (χ4v) is 1.88. The van der Waals surface area contributed by atoms with E-state index in [-0.39, 0.29) is 22.9 Å². The van der Waals surface area contributed by atoms with E-state index in [1.54, 1.807) is 0 Å². The standard InChI is InChI=1S/C10H12ClNO4S/c1-17(15,16)5-4-12-9-3-2-7(10(13)14)6-8(9)11/h2-3,6,12H,4-5H2,1H3,(H,13,14). The van der Waals surface area contributed by atoms with E-state index in [0.29, 0.717) is 5.69 Å². The smallest absolute Gasteiger partial charge is 0.335 e. The van der Waals surface area contributed by atoms with E-state index in [9.17, 15) is 13.2 Å². The molecule has 0 fully saturated rings. The van der Waals surface area contributed by atoms with Crippen molar-refractivity contribution in [3.8, 4) is 0 Å². The second-order valence-corrected chi connectivity index (χ2v) is 6.22. The summed E-state index contributed by atoms with van der Waals surface area (Å²) >= 11 is 5.85. The second-order valence-electron chi connectivity index (χ2n) is 3.56. The first-order valence-electron chi connectivity index (χ1n) is 4.74. The van der Waals surface area contributed by atoms with Gasteiger partial charge in [0.05, 0.1) is 22.0 Å². The lowest BCUT2D eigenvalue weighted by Crippen LogP contribution is -2.14. The zero-order valence-corrected chi connectivity index (χ0v) is 10.7. The van der Waals surface area contributed by atoms with Crippen molar-refractivity contribution in [3.05, 3.63) is 28.8 Å². The third-order valence-electron chi connectivity index (χ3n) is 2.00. The molecule has 0 aliphatic heterocycles. The van der Waals surface area contributed by atoms with E-state index in [1.807, 2.05) is 0 Å². The zero-order chi connectivity index (χ0) is 13.1. The van der Waals surface area contributed by atoms with E-state index in [2.05, 4.69) is 5.32 Å². The van der Waals surface area contributed by atoms with Gasteiger partial charge in [-0.1, -0.05) is 11.6 Å². The Balaban J connectivity index is 2.70. The molecule has 2 N–H and O–H groups in total. The number of hydrogen-bond donors (Lipinski definition) is 2. The number of aromatic carboxylic acids is 1. The molecule has 0 heterocycles. The molecule has 0 aliphatic rings. The summed E-state index contributed by atoms with van der Waals surface area (Å²) in [6.07, 6.45) is 1.14. The van der Waals surface area contributed by atoms with Gasteiger partial charge in [-0.2, -0.15) is 0 Å². The Hall–Kier alpha value is -1.27. The fourth-order valence-electron chi connectivity index (χ4n) is 1.16. The molecule has 0 aliphatic carbocycles. The van der Waals surface area contributed by atoms with Crippen molar-refractivity contribution in [1.82, 2.24) is 0 Å². The highest BCUT2D eigenvalue weighted by Gasteiger charge is 2.07. The monoisotopic (exact) mass is 277 g/mol. The molecule has 1 aromatic carbocycles. The molecule has 5 nitrogen and oxygen atoms in total. The Labute approximate surface area is 104 Å². The Morgan fingerprint density at radius 1 is 1.47 bits per heavy atom. The van der Waals surface area contributed by atoms with Crippen molar-refractivity contribution in [3.63, 3.8) is 0 Å². The molecule has 0 aromatic heterocycles. The van der Waals surface area contributed by atoms with E-state index in [0.717, 1.165) is 6.26 Å². The van der Waals surface area contributed by atoms with Gasteiger partial charge >= 0.3 is 5.97 Å². The maximum Gasteiger partial charge on any atom is 0.335 e. The van der Waals surface area contributed by atoms with Crippen molar-refractivity contribution in [2.24, 2.45) is 0 Å². The lowest BCUT2D eigenvalue weighted by Gasteiger charge is -2.08. The molecule has 0 spiro atoms. The van der Waals surface area contributed by atoms with Crippen LogP contribution in [0.2, 0.25) is 5.02 Å². The van der Waals surface area contributed by atoms with E-state index >= 15 is 0 Å². The first kappa shape index (κ1) is 13.8. The van der Waals surface area contributed by atoms with Gasteiger partial charge in [-0.3, -0.25) is 0 Å². The van der Waals surface area contributed by atoms with Gasteiger partial charge in [-0.15, -0.1) is 0 Å². The molecule has 0 amide bonds. The molecule has 1 rings (SSSR count). The molecule has 0 radical (unpaired) electrons. The van der Waals surface area contributed by atoms with Crippen LogP contribution < -0.4 is 5.32 Å². The van der Waals surface area contributed by atoms with Crippen molar-refractivity contribution in [2.45, 2.75) is 0 Å². The van der Waals surface area contributed by atoms with Crippen LogP contribution in [0.25, 0.3) is 0 Å². The van der Waals surface area contributed by atoms with Crippen LogP contribution in [-0.2, 0) is 9.84 Å². The summed E-state index contributed by atoms with van der Waals surface area (Å²) < 4.78 is 21.8. The molecule has 94 valence electrons. The number of halogens is 1. The van der Waals surface area contributed by atoms with Gasteiger partial charge in [-0.25, -0.2) is 13.2 Å². The average Bonchev–Trinajstić information content (AvgIpc) is 2.18. The zero-order valence-electron chi connectivity index (χ0n) is 9.10. The van der Waals surface area contributed by atoms with Gasteiger partial charge in [0.25, 0.3) is 0 Å². The molecule has 0 unspecified atom stereocenters. The number of hydrogen-bond acceptors (Lipinski definition) is 4. The Bertz CT molecular complexity index is 527. The molecule has 0 saturated carbocycles. The molecular weight excluding hydrogens is 266 g/mol. The molecule has 0 bridgehead atoms. The summed E-state index contributed by atoms with van der Waals surface area (Å²) in [6.45, 7) is 0.227. The summed E-state index contributed by atoms with van der Waals surface area (Å²) in [5.41, 5.74) is 0.601. The summed E-state index contributed by atoms with van der Waals surface area (Å²) in [7, 11) is -3.03. The number of carbonyl (C=O) groups is 1. The van der Waals surface area contributed by atoms with E-state index in [4.69, 9.17) is 16.7 Å². The molecular formula is C10H12ClNO4S. The van der Waals surface area contributed by atoms with Crippen LogP contribution in [0.15, 0.2) is 18.2 Å². The quantitative estimate of drug-likeness (QED) is 0.852. The number of rotatable bonds is 5. The van der Waals surface area contributed by atoms with Gasteiger partial charge in [0, 0.05) is 12.8 Å². The minimum Gasteiger partial charge on any atom is -0.478 e. The molecule has 0 saturated heterocycles. The van der Waals surface area contributed by atoms with Crippen LogP contribution in [0.4, 0.5) is 5.69 Å². The van der Waals surface area contributed by atoms with Crippen molar-refractivity contribution < 1.29 is 18.3 Å². The highest BCUT2D eigenvalue weighted by molar-refractivity contribution is 7.90. The number of benzene rings is 1. The summed E-state index contributed by atoms with van der Waals surface area (Å²) in [4.78, 5) is 10.7. The predicted molar refractivity (Wildman–Crippen MR) is 66.6 cm³/mol. The third-order valence-corrected chi connectivity index (χ3v) is 3.26. The minimum atomic E-state index is -3.03. The highest BCUT2D eigenvalue weighted by atomic mass is 35.5. The molecule has 17 heavy (non-hydrogen) atoms. The molecule has 0 atom stereocenters. The minimum absolute atomic E-state index is 0.00991. The number of sulfone groups is 1. The Kier molecular flexibility index (Phi) is 4.36. The summed E-state index contributed by atoms with van der Waals surface area (Å²) in [5, 5.41) is 11.8. The van der Waals surface area contributed by atoms with E-state index < -0.39 is 15.8 Å². The van der Waals surface area contributed by atoms with Crippen LogP contribution in [0.5, 0.6) is 0 Å². The topological polar surface area (TPSA) is 83.5 Å². The maximum atomic E-state index is 10.9. The number of nitrogens with one attached hydrogen (secondary N) is 1. The van der Waals surface area contributed by atoms with Gasteiger partial charge < -0.3 is 10.4 Å². The van der Waals surface area contributed by atoms with Crippen molar-refractivity contribution in [1.29, 1.82) is 0 Å². The number of anilines is 1. The predicted octanol–water partition coefficient (Wildman–Crippen LogP) is 1.49. The summed E-state index contributed by atoms with van der Waals surface area (Å²) in [6, 6.07) is 4.22. The van der Waals surface area contributed by atoms with Crippen LogP contribution in [0.3, 0.4) is 0 Å². The lowest BCUT2D eigenvalue weighted by molar-refractivity contribution is 0.0697. The largest absolute Gasteiger partial charge is 0.478 e. The van der Waals surface area contributed by atoms with Crippen LogP contribution in [0.1, 0.15) is 10.4 Å². The normalized spacial score (nSPS) is 11.2. The lowest BCUT2D eigenvalue weighted by atomic mass is 10.2. The van der Waals surface area contributed by atoms with Gasteiger partial charge in [0.15, 0.2) is 0 Å². The average molecular weight is 278 g/mol. The fraction of sp³-hybridized carbons (Fsp3) is 0.300. The SMILES string of the molecule is CS(=O)(=O)CCNc1ccc(C(=O)O)cc1Cl. The number of carboxylic acids is 1.